The van der Waals surface area contributed by atoms with E-state index >= 15 is 4.39 Å². The Morgan fingerprint density at radius 2 is 1.80 bits per heavy atom. The molecule has 4 atom stereocenters. The van der Waals surface area contributed by atoms with Crippen molar-refractivity contribution >= 4 is 34.2 Å². The maximum Gasteiger partial charge on any atom is 0.407 e. The Balaban J connectivity index is 0.000000264. The minimum Gasteiger partial charge on any atom is -0.464 e. The van der Waals surface area contributed by atoms with Crippen molar-refractivity contribution in [1.29, 1.82) is 0 Å². The van der Waals surface area contributed by atoms with Crippen LogP contribution in [-0.2, 0) is 16.1 Å². The molecule has 6 aromatic rings. The summed E-state index contributed by atoms with van der Waals surface area (Å²) in [6.45, 7) is 16.8. The number of H-pyrrole nitrogens is 2. The topological polar surface area (TPSA) is 142 Å². The highest BCUT2D eigenvalue weighted by molar-refractivity contribution is 7.12. The molecule has 2 aliphatic heterocycles. The summed E-state index contributed by atoms with van der Waals surface area (Å²) in [7, 11) is 1.30. The fourth-order valence-corrected chi connectivity index (χ4v) is 9.15. The van der Waals surface area contributed by atoms with E-state index in [-0.39, 0.29) is 17.6 Å². The molecule has 14 heteroatoms. The molecule has 324 valence electrons. The maximum absolute atomic E-state index is 16.0. The number of methoxy groups -OCH3 is 1. The van der Waals surface area contributed by atoms with E-state index < -0.39 is 18.4 Å². The number of nitrogens with zero attached hydrogens (tertiary/aromatic N) is 4. The highest BCUT2D eigenvalue weighted by atomic mass is 32.1. The van der Waals surface area contributed by atoms with Crippen molar-refractivity contribution in [3.05, 3.63) is 88.6 Å². The number of amides is 2. The molecule has 61 heavy (non-hydrogen) atoms. The number of likely N-dealkylation sites (tertiary alicyclic amines) is 1. The molecule has 1 saturated carbocycles. The van der Waals surface area contributed by atoms with Gasteiger partial charge < -0.3 is 35.0 Å². The van der Waals surface area contributed by atoms with Crippen LogP contribution >= 0.6 is 11.3 Å². The van der Waals surface area contributed by atoms with Crippen LogP contribution in [0.3, 0.4) is 0 Å². The third-order valence-corrected chi connectivity index (χ3v) is 13.0. The number of carbonyl (C=O) groups is 2. The average molecular weight is 851 g/mol. The van der Waals surface area contributed by atoms with E-state index in [4.69, 9.17) is 4.74 Å². The third kappa shape index (κ3) is 9.40. The number of benzene rings is 2. The number of hydrogen-bond acceptors (Lipinski definition) is 8. The summed E-state index contributed by atoms with van der Waals surface area (Å²) < 4.78 is 29.3. The minimum absolute atomic E-state index is 0.00194. The van der Waals surface area contributed by atoms with E-state index in [0.717, 1.165) is 82.6 Å². The minimum atomic E-state index is -0.550. The van der Waals surface area contributed by atoms with Gasteiger partial charge in [-0.1, -0.05) is 61.0 Å². The number of alkyl carbamates (subject to hydrolysis) is 1. The van der Waals surface area contributed by atoms with Gasteiger partial charge in [0.2, 0.25) is 12.1 Å². The lowest BCUT2D eigenvalue weighted by atomic mass is 10.0. The predicted octanol–water partition coefficient (Wildman–Crippen LogP) is 10.3. The van der Waals surface area contributed by atoms with Gasteiger partial charge in [0.25, 0.3) is 0 Å². The lowest BCUT2D eigenvalue weighted by Crippen LogP contribution is -2.50. The normalized spacial score (nSPS) is 18.1. The third-order valence-electron chi connectivity index (χ3n) is 11.6. The van der Waals surface area contributed by atoms with Crippen LogP contribution in [0.2, 0.25) is 0 Å². The first-order chi connectivity index (χ1) is 29.5. The van der Waals surface area contributed by atoms with Crippen LogP contribution in [0.25, 0.3) is 44.7 Å². The molecule has 1 saturated heterocycles. The number of imidazole rings is 2. The number of rotatable bonds is 11. The molecule has 12 nitrogen and oxygen atoms in total. The first-order valence-corrected chi connectivity index (χ1v) is 22.5. The van der Waals surface area contributed by atoms with Gasteiger partial charge in [0.15, 0.2) is 0 Å². The zero-order valence-corrected chi connectivity index (χ0v) is 37.3. The zero-order valence-electron chi connectivity index (χ0n) is 36.5. The van der Waals surface area contributed by atoms with Crippen molar-refractivity contribution in [2.75, 3.05) is 20.2 Å². The van der Waals surface area contributed by atoms with Gasteiger partial charge in [0.1, 0.15) is 23.4 Å². The number of carbonyl (C=O) groups excluding carboxylic acids is 2. The molecule has 4 unspecified atom stereocenters. The Morgan fingerprint density at radius 1 is 1.02 bits per heavy atom. The molecule has 0 bridgehead atoms. The quantitative estimate of drug-likeness (QED) is 0.102. The number of ether oxygens (including phenoxy) is 2. The number of thiophene rings is 1. The Labute approximate surface area is 361 Å². The number of aromatic amines is 2. The van der Waals surface area contributed by atoms with E-state index in [9.17, 15) is 9.59 Å². The van der Waals surface area contributed by atoms with Crippen LogP contribution in [0.4, 0.5) is 9.18 Å². The van der Waals surface area contributed by atoms with Gasteiger partial charge in [-0.05, 0) is 79.5 Å². The van der Waals surface area contributed by atoms with E-state index in [2.05, 4.69) is 97.0 Å². The number of nitrogens with one attached hydrogen (secondary N) is 4. The van der Waals surface area contributed by atoms with E-state index in [0.29, 0.717) is 28.8 Å². The SMILES string of the molecule is CC.CCC1CC1NCc1ncc(-c2ccc3c(c2)cc2n3C(c3ccc(C(C)C)s3)Oc3cc(-c4cnc[nH]4)cc(F)c3-2)[nH]1.COC(=O)NC(C(=O)N1CCCC1)C(C)C. The zero-order chi connectivity index (χ0) is 43.4. The molecule has 0 spiro atoms. The average Bonchev–Trinajstić information content (AvgIpc) is 4.00. The summed E-state index contributed by atoms with van der Waals surface area (Å²) in [4.78, 5) is 42.7. The molecule has 1 aliphatic carbocycles. The summed E-state index contributed by atoms with van der Waals surface area (Å²) in [6.07, 6.45) is 8.80. The molecule has 4 aromatic heterocycles. The van der Waals surface area contributed by atoms with Crippen molar-refractivity contribution in [3.63, 3.8) is 0 Å². The molecule has 9 rings (SSSR count). The fourth-order valence-electron chi connectivity index (χ4n) is 8.12. The summed E-state index contributed by atoms with van der Waals surface area (Å²) >= 11 is 1.74. The Bertz CT molecular complexity index is 2430. The van der Waals surface area contributed by atoms with Crippen molar-refractivity contribution in [2.24, 2.45) is 11.8 Å². The smallest absolute Gasteiger partial charge is 0.407 e. The Kier molecular flexibility index (Phi) is 13.6. The van der Waals surface area contributed by atoms with E-state index in [1.54, 1.807) is 34.8 Å². The highest BCUT2D eigenvalue weighted by Crippen LogP contribution is 2.48. The van der Waals surface area contributed by atoms with Gasteiger partial charge in [-0.25, -0.2) is 19.2 Å². The summed E-state index contributed by atoms with van der Waals surface area (Å²) in [5, 5.41) is 7.22. The van der Waals surface area contributed by atoms with Gasteiger partial charge in [-0.15, -0.1) is 11.3 Å². The second-order valence-electron chi connectivity index (χ2n) is 16.4. The second kappa shape index (κ2) is 19.1. The van der Waals surface area contributed by atoms with E-state index in [1.807, 2.05) is 40.0 Å². The molecular weight excluding hydrogens is 792 g/mol. The Morgan fingerprint density at radius 3 is 2.46 bits per heavy atom. The van der Waals surface area contributed by atoms with Gasteiger partial charge in [0, 0.05) is 40.5 Å². The maximum atomic E-state index is 16.0. The number of fused-ring (bicyclic) bond motifs is 5. The molecule has 6 heterocycles. The molecule has 2 aromatic carbocycles. The lowest BCUT2D eigenvalue weighted by Gasteiger charge is -2.30. The predicted molar refractivity (Wildman–Crippen MR) is 240 cm³/mol. The van der Waals surface area contributed by atoms with Crippen molar-refractivity contribution in [3.8, 4) is 39.5 Å². The molecule has 4 N–H and O–H groups in total. The number of aromatic nitrogens is 5. The highest BCUT2D eigenvalue weighted by Gasteiger charge is 2.35. The molecule has 2 fully saturated rings. The van der Waals surface area contributed by atoms with Gasteiger partial charge >= 0.3 is 6.09 Å². The summed E-state index contributed by atoms with van der Waals surface area (Å²) in [6, 6.07) is 16.3. The molecule has 3 aliphatic rings. The van der Waals surface area contributed by atoms with Crippen molar-refractivity contribution in [2.45, 2.75) is 105 Å². The lowest BCUT2D eigenvalue weighted by molar-refractivity contribution is -0.133. The van der Waals surface area contributed by atoms with Crippen LogP contribution in [-0.4, -0.2) is 73.7 Å². The van der Waals surface area contributed by atoms with Crippen LogP contribution in [0.15, 0.2) is 67.3 Å². The molecular formula is C47H59FN8O4S. The molecule has 2 amide bonds. The van der Waals surface area contributed by atoms with Gasteiger partial charge in [-0.3, -0.25) is 9.36 Å². The first-order valence-electron chi connectivity index (χ1n) is 21.7. The van der Waals surface area contributed by atoms with E-state index in [1.165, 1.54) is 24.8 Å². The largest absolute Gasteiger partial charge is 0.464 e. The monoisotopic (exact) mass is 850 g/mol. The van der Waals surface area contributed by atoms with Crippen molar-refractivity contribution < 1.29 is 23.5 Å². The number of hydrogen-bond donors (Lipinski definition) is 4. The second-order valence-corrected chi connectivity index (χ2v) is 17.5. The molecule has 0 radical (unpaired) electrons. The standard InChI is InChI=1S/C34H33FN6OS.C11H20N2O3.C2H6/c1-4-19-11-24(19)37-16-32-38-15-26(40-32)20-5-6-27-22(9-20)12-28-33-23(35)10-21(25-14-36-17-39-25)13-29(33)42-34(41(27)28)31-8-7-30(43-31)18(2)3;1-8(2)9(12-11(15)16-3)10(14)13-6-4-5-7-13;1-2/h5-10,12-15,17-19,24,34,37H,4,11,16H2,1-3H3,(H,36,39)(H,38,40);8-9H,4-7H2,1-3H3,(H,12,15);1-2H3. The van der Waals surface area contributed by atoms with Crippen LogP contribution in [0.1, 0.15) is 102 Å². The summed E-state index contributed by atoms with van der Waals surface area (Å²) in [5.74, 6) is 2.40. The van der Waals surface area contributed by atoms with Gasteiger partial charge in [-0.2, -0.15) is 0 Å². The summed E-state index contributed by atoms with van der Waals surface area (Å²) in [5.41, 5.74) is 5.71. The number of halogens is 1. The van der Waals surface area contributed by atoms with Crippen LogP contribution < -0.4 is 15.4 Å². The van der Waals surface area contributed by atoms with Crippen molar-refractivity contribution in [1.82, 2.24) is 40.0 Å². The Hall–Kier alpha value is -5.47. The first kappa shape index (κ1) is 43.6. The fraction of sp³-hybridized carbons (Fsp3) is 0.447. The van der Waals surface area contributed by atoms with Crippen LogP contribution in [0.5, 0.6) is 5.75 Å². The van der Waals surface area contributed by atoms with Crippen LogP contribution in [0, 0.1) is 17.7 Å². The van der Waals surface area contributed by atoms with Gasteiger partial charge in [0.05, 0.1) is 65.4 Å².